The Morgan fingerprint density at radius 3 is 2.74 bits per heavy atom. The van der Waals surface area contributed by atoms with Gasteiger partial charge < -0.3 is 24.2 Å². The van der Waals surface area contributed by atoms with E-state index in [2.05, 4.69) is 21.0 Å². The number of nitrogens with zero attached hydrogens (tertiary/aromatic N) is 1. The average molecular weight is 388 g/mol. The monoisotopic (exact) mass is 387 g/mol. The Labute approximate surface area is 163 Å². The van der Waals surface area contributed by atoms with Crippen molar-refractivity contribution < 1.29 is 14.2 Å². The average Bonchev–Trinajstić information content (AvgIpc) is 3.24. The second kappa shape index (κ2) is 9.01. The third kappa shape index (κ3) is 4.87. The van der Waals surface area contributed by atoms with Crippen LogP contribution in [0.1, 0.15) is 23.2 Å². The van der Waals surface area contributed by atoms with Crippen LogP contribution < -0.4 is 9.47 Å². The molecule has 0 amide bonds. The van der Waals surface area contributed by atoms with E-state index in [0.29, 0.717) is 11.4 Å². The maximum atomic E-state index is 5.60. The number of hydrogen-bond donors (Lipinski definition) is 2. The van der Waals surface area contributed by atoms with Gasteiger partial charge in [-0.3, -0.25) is 4.98 Å². The number of aromatic amines is 2. The predicted molar refractivity (Wildman–Crippen MR) is 108 cm³/mol. The van der Waals surface area contributed by atoms with Crippen LogP contribution in [0.2, 0.25) is 0 Å². The molecule has 1 aliphatic rings. The number of pyridine rings is 1. The Balaban J connectivity index is 0.000000156. The second-order valence-electron chi connectivity index (χ2n) is 6.40. The number of hydrogen-bond acceptors (Lipinski definition) is 5. The van der Waals surface area contributed by atoms with Crippen molar-refractivity contribution >= 4 is 23.3 Å². The summed E-state index contributed by atoms with van der Waals surface area (Å²) < 4.78 is 16.7. The van der Waals surface area contributed by atoms with Crippen LogP contribution in [0.4, 0.5) is 0 Å². The molecule has 0 saturated carbocycles. The molecule has 7 heteroatoms. The van der Waals surface area contributed by atoms with Gasteiger partial charge in [0.2, 0.25) is 0 Å². The summed E-state index contributed by atoms with van der Waals surface area (Å²) in [6, 6.07) is 6.00. The predicted octanol–water partition coefficient (Wildman–Crippen LogP) is 4.27. The zero-order chi connectivity index (χ0) is 19.2. The molecule has 2 aromatic heterocycles. The van der Waals surface area contributed by atoms with Gasteiger partial charge in [0.1, 0.15) is 11.5 Å². The Kier molecular flexibility index (Phi) is 6.47. The zero-order valence-electron chi connectivity index (χ0n) is 15.9. The minimum absolute atomic E-state index is 0.665. The van der Waals surface area contributed by atoms with Crippen molar-refractivity contribution in [1.29, 1.82) is 0 Å². The smallest absolute Gasteiger partial charge is 0.175 e. The maximum absolute atomic E-state index is 5.60. The van der Waals surface area contributed by atoms with Crippen LogP contribution >= 0.6 is 12.2 Å². The second-order valence-corrected chi connectivity index (χ2v) is 6.81. The fourth-order valence-electron chi connectivity index (χ4n) is 2.87. The number of methoxy groups -OCH3 is 1. The maximum Gasteiger partial charge on any atom is 0.175 e. The van der Waals surface area contributed by atoms with Crippen molar-refractivity contribution in [3.05, 3.63) is 46.0 Å². The van der Waals surface area contributed by atoms with Crippen molar-refractivity contribution in [1.82, 2.24) is 15.0 Å². The zero-order valence-corrected chi connectivity index (χ0v) is 16.7. The van der Waals surface area contributed by atoms with E-state index in [1.54, 1.807) is 13.3 Å². The Hall–Kier alpha value is -2.38. The van der Waals surface area contributed by atoms with Gasteiger partial charge in [-0.1, -0.05) is 0 Å². The van der Waals surface area contributed by atoms with Crippen molar-refractivity contribution in [2.24, 2.45) is 0 Å². The fourth-order valence-corrected chi connectivity index (χ4v) is 3.09. The van der Waals surface area contributed by atoms with Gasteiger partial charge in [0.25, 0.3) is 0 Å². The molecule has 0 radical (unpaired) electrons. The minimum atomic E-state index is 0.665. The number of imidazole rings is 1. The highest BCUT2D eigenvalue weighted by atomic mass is 32.1. The van der Waals surface area contributed by atoms with E-state index in [9.17, 15) is 0 Å². The molecule has 6 nitrogen and oxygen atoms in total. The van der Waals surface area contributed by atoms with E-state index in [0.717, 1.165) is 59.8 Å². The largest absolute Gasteiger partial charge is 0.493 e. The fraction of sp³-hybridized carbons (Fsp3) is 0.400. The SMILES string of the molecule is COCCCOc1ccnc(C)c1C.S=c1[nH]c2cc3c(cc2[nH]1)OCC3. The van der Waals surface area contributed by atoms with E-state index >= 15 is 0 Å². The van der Waals surface area contributed by atoms with Gasteiger partial charge in [0, 0.05) is 50.1 Å². The molecule has 1 aliphatic heterocycles. The van der Waals surface area contributed by atoms with Crippen molar-refractivity contribution in [2.75, 3.05) is 26.9 Å². The summed E-state index contributed by atoms with van der Waals surface area (Å²) in [5.41, 5.74) is 5.48. The molecule has 27 heavy (non-hydrogen) atoms. The van der Waals surface area contributed by atoms with Crippen LogP contribution in [0.3, 0.4) is 0 Å². The lowest BCUT2D eigenvalue weighted by atomic mass is 10.1. The molecule has 0 aliphatic carbocycles. The molecule has 0 bridgehead atoms. The Morgan fingerprint density at radius 1 is 1.19 bits per heavy atom. The van der Waals surface area contributed by atoms with Crippen molar-refractivity contribution in [3.63, 3.8) is 0 Å². The highest BCUT2D eigenvalue weighted by molar-refractivity contribution is 7.71. The summed E-state index contributed by atoms with van der Waals surface area (Å²) in [5, 5.41) is 0. The molecule has 0 atom stereocenters. The standard InChI is InChI=1S/C11H17NO2.C9H8N2OS/c1-9-10(2)12-6-5-11(9)14-8-4-7-13-3;13-9-10-6-3-5-1-2-12-8(5)4-7(6)11-9/h5-6H,4,7-8H2,1-3H3;3-4H,1-2H2,(H2,10,11,13). The van der Waals surface area contributed by atoms with Gasteiger partial charge in [-0.25, -0.2) is 0 Å². The number of benzene rings is 1. The van der Waals surface area contributed by atoms with Gasteiger partial charge in [-0.2, -0.15) is 0 Å². The van der Waals surface area contributed by atoms with Crippen LogP contribution in [-0.2, 0) is 11.2 Å². The van der Waals surface area contributed by atoms with E-state index < -0.39 is 0 Å². The summed E-state index contributed by atoms with van der Waals surface area (Å²) >= 11 is 5.00. The van der Waals surface area contributed by atoms with E-state index in [1.165, 1.54) is 5.56 Å². The van der Waals surface area contributed by atoms with Crippen LogP contribution in [0, 0.1) is 18.6 Å². The number of rotatable bonds is 5. The Morgan fingerprint density at radius 2 is 1.96 bits per heavy atom. The first kappa shape index (κ1) is 19.4. The molecule has 0 fully saturated rings. The summed E-state index contributed by atoms with van der Waals surface area (Å²) in [4.78, 5) is 10.3. The van der Waals surface area contributed by atoms with Gasteiger partial charge in [0.05, 0.1) is 24.2 Å². The molecule has 2 N–H and O–H groups in total. The minimum Gasteiger partial charge on any atom is -0.493 e. The quantitative estimate of drug-likeness (QED) is 0.505. The van der Waals surface area contributed by atoms with E-state index in [4.69, 9.17) is 26.4 Å². The molecule has 0 unspecified atom stereocenters. The van der Waals surface area contributed by atoms with Crippen molar-refractivity contribution in [2.45, 2.75) is 26.7 Å². The lowest BCUT2D eigenvalue weighted by Gasteiger charge is -2.09. The van der Waals surface area contributed by atoms with E-state index in [-0.39, 0.29) is 0 Å². The number of H-pyrrole nitrogens is 2. The van der Waals surface area contributed by atoms with Crippen LogP contribution in [0.5, 0.6) is 11.5 Å². The lowest BCUT2D eigenvalue weighted by Crippen LogP contribution is -2.03. The molecule has 144 valence electrons. The van der Waals surface area contributed by atoms with Crippen LogP contribution in [0.15, 0.2) is 24.4 Å². The summed E-state index contributed by atoms with van der Waals surface area (Å²) in [7, 11) is 1.70. The van der Waals surface area contributed by atoms with Crippen molar-refractivity contribution in [3.8, 4) is 11.5 Å². The van der Waals surface area contributed by atoms with Gasteiger partial charge in [-0.15, -0.1) is 0 Å². The first-order chi connectivity index (χ1) is 13.1. The molecule has 0 spiro atoms. The number of aryl methyl sites for hydroxylation is 1. The molecule has 3 aromatic rings. The molecular weight excluding hydrogens is 362 g/mol. The normalized spacial score (nSPS) is 12.3. The van der Waals surface area contributed by atoms with Gasteiger partial charge in [0.15, 0.2) is 4.77 Å². The first-order valence-corrected chi connectivity index (χ1v) is 9.41. The third-order valence-corrected chi connectivity index (χ3v) is 4.69. The lowest BCUT2D eigenvalue weighted by molar-refractivity contribution is 0.172. The molecule has 4 rings (SSSR count). The molecule has 1 aromatic carbocycles. The molecular formula is C20H25N3O3S. The highest BCUT2D eigenvalue weighted by Crippen LogP contribution is 2.28. The first-order valence-electron chi connectivity index (χ1n) is 9.00. The number of fused-ring (bicyclic) bond motifs is 2. The van der Waals surface area contributed by atoms with Crippen LogP contribution in [0.25, 0.3) is 11.0 Å². The van der Waals surface area contributed by atoms with E-state index in [1.807, 2.05) is 26.0 Å². The number of nitrogens with one attached hydrogen (secondary N) is 2. The molecule has 3 heterocycles. The van der Waals surface area contributed by atoms with Crippen LogP contribution in [-0.4, -0.2) is 41.9 Å². The summed E-state index contributed by atoms with van der Waals surface area (Å²) in [6.07, 6.45) is 3.68. The summed E-state index contributed by atoms with van der Waals surface area (Å²) in [6.45, 7) is 6.23. The van der Waals surface area contributed by atoms with Gasteiger partial charge >= 0.3 is 0 Å². The number of aromatic nitrogens is 3. The highest BCUT2D eigenvalue weighted by Gasteiger charge is 2.13. The Bertz CT molecular complexity index is 921. The third-order valence-electron chi connectivity index (χ3n) is 4.48. The number of ether oxygens (including phenoxy) is 3. The topological polar surface area (TPSA) is 72.2 Å². The molecule has 0 saturated heterocycles. The van der Waals surface area contributed by atoms with Gasteiger partial charge in [-0.05, 0) is 43.8 Å². The summed E-state index contributed by atoms with van der Waals surface area (Å²) in [5.74, 6) is 1.91.